The summed E-state index contributed by atoms with van der Waals surface area (Å²) < 4.78 is 24.0. The molecule has 0 aliphatic rings. The average molecular weight is 326 g/mol. The molecule has 24 heavy (non-hydrogen) atoms. The predicted molar refractivity (Wildman–Crippen MR) is 86.6 cm³/mol. The van der Waals surface area contributed by atoms with E-state index >= 15 is 0 Å². The first kappa shape index (κ1) is 15.9. The normalized spacial score (nSPS) is 10.8. The van der Waals surface area contributed by atoms with Crippen LogP contribution >= 0.6 is 0 Å². The van der Waals surface area contributed by atoms with Gasteiger partial charge in [-0.05, 0) is 42.8 Å². The number of halogens is 1. The van der Waals surface area contributed by atoms with Gasteiger partial charge in [-0.2, -0.15) is 0 Å². The van der Waals surface area contributed by atoms with Crippen LogP contribution in [0.3, 0.4) is 0 Å². The Kier molecular flexibility index (Phi) is 4.42. The molecule has 0 saturated carbocycles. The number of hydrogen-bond donors (Lipinski definition) is 0. The van der Waals surface area contributed by atoms with Gasteiger partial charge in [0.25, 0.3) is 0 Å². The van der Waals surface area contributed by atoms with E-state index in [1.54, 1.807) is 24.3 Å². The summed E-state index contributed by atoms with van der Waals surface area (Å²) in [4.78, 5) is 24.6. The standard InChI is InChI=1S/C19H15FO4/c1-2-5-16(21)24-18-14-6-3-4-7-15(14)23-19(18)17(22)12-8-10-13(20)11-9-12/h3-4,6-11H,2,5H2,1H3. The van der Waals surface area contributed by atoms with Crippen molar-refractivity contribution in [2.75, 3.05) is 0 Å². The van der Waals surface area contributed by atoms with Gasteiger partial charge >= 0.3 is 5.97 Å². The molecule has 0 saturated heterocycles. The van der Waals surface area contributed by atoms with Gasteiger partial charge in [0.05, 0.1) is 5.39 Å². The van der Waals surface area contributed by atoms with Crippen molar-refractivity contribution in [1.82, 2.24) is 0 Å². The van der Waals surface area contributed by atoms with Crippen molar-refractivity contribution in [3.05, 3.63) is 65.7 Å². The SMILES string of the molecule is CCCC(=O)Oc1c(C(=O)c2ccc(F)cc2)oc2ccccc12. The largest absolute Gasteiger partial charge is 0.448 e. The van der Waals surface area contributed by atoms with E-state index in [0.29, 0.717) is 17.4 Å². The summed E-state index contributed by atoms with van der Waals surface area (Å²) in [6, 6.07) is 12.0. The van der Waals surface area contributed by atoms with Crippen LogP contribution in [-0.4, -0.2) is 11.8 Å². The number of carbonyl (C=O) groups excluding carboxylic acids is 2. The van der Waals surface area contributed by atoms with E-state index in [4.69, 9.17) is 9.15 Å². The highest BCUT2D eigenvalue weighted by Crippen LogP contribution is 2.34. The summed E-state index contributed by atoms with van der Waals surface area (Å²) in [5, 5.41) is 0.549. The van der Waals surface area contributed by atoms with E-state index in [-0.39, 0.29) is 23.5 Å². The number of benzene rings is 2. The maximum atomic E-state index is 13.1. The third kappa shape index (κ3) is 3.06. The molecule has 0 radical (unpaired) electrons. The topological polar surface area (TPSA) is 56.5 Å². The molecule has 0 amide bonds. The second-order valence-electron chi connectivity index (χ2n) is 5.32. The Labute approximate surface area is 137 Å². The maximum absolute atomic E-state index is 13.1. The molecule has 0 N–H and O–H groups in total. The molecule has 5 heteroatoms. The van der Waals surface area contributed by atoms with Crippen LogP contribution in [0.5, 0.6) is 5.75 Å². The summed E-state index contributed by atoms with van der Waals surface area (Å²) in [7, 11) is 0. The van der Waals surface area contributed by atoms with Crippen LogP contribution in [0.4, 0.5) is 4.39 Å². The molecule has 2 aromatic carbocycles. The maximum Gasteiger partial charge on any atom is 0.311 e. The summed E-state index contributed by atoms with van der Waals surface area (Å²) >= 11 is 0. The fourth-order valence-corrected chi connectivity index (χ4v) is 2.37. The number of para-hydroxylation sites is 1. The zero-order chi connectivity index (χ0) is 17.1. The van der Waals surface area contributed by atoms with Crippen LogP contribution in [-0.2, 0) is 4.79 Å². The van der Waals surface area contributed by atoms with Crippen LogP contribution < -0.4 is 4.74 Å². The summed E-state index contributed by atoms with van der Waals surface area (Å²) in [5.74, 6) is -1.29. The Morgan fingerprint density at radius 2 is 1.79 bits per heavy atom. The van der Waals surface area contributed by atoms with Crippen molar-refractivity contribution in [1.29, 1.82) is 0 Å². The molecule has 0 aliphatic carbocycles. The Morgan fingerprint density at radius 3 is 2.50 bits per heavy atom. The number of furan rings is 1. The second kappa shape index (κ2) is 6.66. The van der Waals surface area contributed by atoms with Gasteiger partial charge in [0.15, 0.2) is 5.75 Å². The van der Waals surface area contributed by atoms with E-state index in [2.05, 4.69) is 0 Å². The Balaban J connectivity index is 2.07. The zero-order valence-electron chi connectivity index (χ0n) is 13.0. The second-order valence-corrected chi connectivity index (χ2v) is 5.32. The van der Waals surface area contributed by atoms with Gasteiger partial charge in [-0.15, -0.1) is 0 Å². The number of fused-ring (bicyclic) bond motifs is 1. The quantitative estimate of drug-likeness (QED) is 0.511. The minimum atomic E-state index is -0.467. The number of carbonyl (C=O) groups is 2. The fraction of sp³-hybridized carbons (Fsp3) is 0.158. The predicted octanol–water partition coefficient (Wildman–Crippen LogP) is 4.51. The Bertz CT molecular complexity index is 893. The van der Waals surface area contributed by atoms with Gasteiger partial charge in [0.2, 0.25) is 11.5 Å². The lowest BCUT2D eigenvalue weighted by Gasteiger charge is -2.04. The molecule has 4 nitrogen and oxygen atoms in total. The molecule has 3 aromatic rings. The Hall–Kier alpha value is -2.95. The van der Waals surface area contributed by atoms with Crippen molar-refractivity contribution in [3.8, 4) is 5.75 Å². The number of ether oxygens (including phenoxy) is 1. The Morgan fingerprint density at radius 1 is 1.08 bits per heavy atom. The van der Waals surface area contributed by atoms with Crippen LogP contribution in [0.15, 0.2) is 52.9 Å². The molecule has 0 unspecified atom stereocenters. The van der Waals surface area contributed by atoms with Gasteiger partial charge in [-0.1, -0.05) is 19.1 Å². The average Bonchev–Trinajstić information content (AvgIpc) is 2.94. The van der Waals surface area contributed by atoms with Gasteiger partial charge in [0.1, 0.15) is 11.4 Å². The van der Waals surface area contributed by atoms with Crippen molar-refractivity contribution < 1.29 is 23.1 Å². The van der Waals surface area contributed by atoms with E-state index in [1.807, 2.05) is 6.92 Å². The molecule has 1 aromatic heterocycles. The first-order valence-corrected chi connectivity index (χ1v) is 7.62. The van der Waals surface area contributed by atoms with Gasteiger partial charge in [-0.25, -0.2) is 4.39 Å². The lowest BCUT2D eigenvalue weighted by atomic mass is 10.1. The fourth-order valence-electron chi connectivity index (χ4n) is 2.37. The van der Waals surface area contributed by atoms with Crippen molar-refractivity contribution in [3.63, 3.8) is 0 Å². The molecule has 3 rings (SSSR count). The highest BCUT2D eigenvalue weighted by atomic mass is 19.1. The number of ketones is 1. The molecule has 122 valence electrons. The highest BCUT2D eigenvalue weighted by molar-refractivity contribution is 6.12. The highest BCUT2D eigenvalue weighted by Gasteiger charge is 2.25. The molecule has 1 heterocycles. The number of esters is 1. The van der Waals surface area contributed by atoms with E-state index < -0.39 is 17.6 Å². The molecule has 0 fully saturated rings. The van der Waals surface area contributed by atoms with Crippen LogP contribution in [0.25, 0.3) is 11.0 Å². The number of rotatable bonds is 5. The van der Waals surface area contributed by atoms with E-state index in [1.165, 1.54) is 24.3 Å². The van der Waals surface area contributed by atoms with Gasteiger partial charge in [0, 0.05) is 12.0 Å². The van der Waals surface area contributed by atoms with Gasteiger partial charge in [-0.3, -0.25) is 9.59 Å². The number of hydrogen-bond acceptors (Lipinski definition) is 4. The first-order valence-electron chi connectivity index (χ1n) is 7.62. The smallest absolute Gasteiger partial charge is 0.311 e. The van der Waals surface area contributed by atoms with Crippen LogP contribution in [0.2, 0.25) is 0 Å². The zero-order valence-corrected chi connectivity index (χ0v) is 13.0. The van der Waals surface area contributed by atoms with Gasteiger partial charge < -0.3 is 9.15 Å². The van der Waals surface area contributed by atoms with Crippen molar-refractivity contribution in [2.24, 2.45) is 0 Å². The van der Waals surface area contributed by atoms with Crippen molar-refractivity contribution >= 4 is 22.7 Å². The lowest BCUT2D eigenvalue weighted by molar-refractivity contribution is -0.134. The van der Waals surface area contributed by atoms with Crippen molar-refractivity contribution in [2.45, 2.75) is 19.8 Å². The molecular formula is C19H15FO4. The minimum Gasteiger partial charge on any atom is -0.448 e. The first-order chi connectivity index (χ1) is 11.6. The third-order valence-corrected chi connectivity index (χ3v) is 3.53. The summed E-state index contributed by atoms with van der Waals surface area (Å²) in [6.07, 6.45) is 0.875. The third-order valence-electron chi connectivity index (χ3n) is 3.53. The van der Waals surface area contributed by atoms with Crippen LogP contribution in [0.1, 0.15) is 35.9 Å². The summed E-state index contributed by atoms with van der Waals surface area (Å²) in [5.41, 5.74) is 0.700. The van der Waals surface area contributed by atoms with E-state index in [0.717, 1.165) is 0 Å². The lowest BCUT2D eigenvalue weighted by Crippen LogP contribution is -2.10. The molecule has 0 spiro atoms. The van der Waals surface area contributed by atoms with E-state index in [9.17, 15) is 14.0 Å². The molecule has 0 aliphatic heterocycles. The monoisotopic (exact) mass is 326 g/mol. The minimum absolute atomic E-state index is 0.0627. The molecule has 0 atom stereocenters. The molecular weight excluding hydrogens is 311 g/mol. The van der Waals surface area contributed by atoms with Crippen LogP contribution in [0, 0.1) is 5.82 Å². The molecule has 0 bridgehead atoms. The summed E-state index contributed by atoms with van der Waals surface area (Å²) in [6.45, 7) is 1.86.